The van der Waals surface area contributed by atoms with Gasteiger partial charge in [-0.15, -0.1) is 0 Å². The molecule has 1 fully saturated rings. The molecule has 1 aromatic heterocycles. The summed E-state index contributed by atoms with van der Waals surface area (Å²) < 4.78 is 0. The average molecular weight is 261 g/mol. The lowest BCUT2D eigenvalue weighted by Crippen LogP contribution is -2.36. The fourth-order valence-electron chi connectivity index (χ4n) is 2.93. The van der Waals surface area contributed by atoms with E-state index in [0.717, 1.165) is 24.9 Å². The van der Waals surface area contributed by atoms with E-state index in [9.17, 15) is 0 Å². The molecule has 0 saturated carbocycles. The molecule has 0 spiro atoms. The van der Waals surface area contributed by atoms with Gasteiger partial charge in [0.15, 0.2) is 0 Å². The van der Waals surface area contributed by atoms with Crippen LogP contribution in [0.1, 0.15) is 39.2 Å². The van der Waals surface area contributed by atoms with Crippen molar-refractivity contribution in [3.8, 4) is 0 Å². The Morgan fingerprint density at radius 1 is 1.37 bits per heavy atom. The van der Waals surface area contributed by atoms with Gasteiger partial charge in [0.05, 0.1) is 0 Å². The van der Waals surface area contributed by atoms with E-state index < -0.39 is 0 Å². The second-order valence-electron chi connectivity index (χ2n) is 5.85. The predicted molar refractivity (Wildman–Crippen MR) is 81.4 cm³/mol. The summed E-state index contributed by atoms with van der Waals surface area (Å²) in [5.41, 5.74) is 2.70. The summed E-state index contributed by atoms with van der Waals surface area (Å²) in [5, 5.41) is 3.40. The highest BCUT2D eigenvalue weighted by Crippen LogP contribution is 2.29. The smallest absolute Gasteiger partial charge is 0.0442 e. The first-order chi connectivity index (χ1) is 9.22. The van der Waals surface area contributed by atoms with E-state index in [2.05, 4.69) is 42.0 Å². The Morgan fingerprint density at radius 2 is 2.11 bits per heavy atom. The van der Waals surface area contributed by atoms with Gasteiger partial charge in [0.25, 0.3) is 0 Å². The average Bonchev–Trinajstić information content (AvgIpc) is 2.45. The van der Waals surface area contributed by atoms with Gasteiger partial charge in [-0.25, -0.2) is 0 Å². The van der Waals surface area contributed by atoms with E-state index >= 15 is 0 Å². The van der Waals surface area contributed by atoms with Crippen molar-refractivity contribution in [3.05, 3.63) is 24.0 Å². The van der Waals surface area contributed by atoms with Crippen LogP contribution in [0.5, 0.6) is 0 Å². The zero-order chi connectivity index (χ0) is 13.7. The number of hydrogen-bond donors (Lipinski definition) is 1. The van der Waals surface area contributed by atoms with Gasteiger partial charge in [0, 0.05) is 43.3 Å². The highest BCUT2D eigenvalue weighted by Gasteiger charge is 2.22. The highest BCUT2D eigenvalue weighted by atomic mass is 15.1. The summed E-state index contributed by atoms with van der Waals surface area (Å²) in [7, 11) is 0. The van der Waals surface area contributed by atoms with Gasteiger partial charge in [-0.1, -0.05) is 20.8 Å². The molecule has 1 aliphatic heterocycles. The Hall–Kier alpha value is -1.09. The molecule has 1 aromatic rings. The lowest BCUT2D eigenvalue weighted by Gasteiger charge is -2.36. The van der Waals surface area contributed by atoms with Gasteiger partial charge in [0.2, 0.25) is 0 Å². The molecule has 1 aliphatic rings. The van der Waals surface area contributed by atoms with E-state index in [1.165, 1.54) is 37.2 Å². The molecule has 19 heavy (non-hydrogen) atoms. The van der Waals surface area contributed by atoms with Crippen LogP contribution in [0.2, 0.25) is 0 Å². The maximum Gasteiger partial charge on any atom is 0.0442 e. The SMILES string of the molecule is CCNCc1cnccc1N1CCC(C(C)C)CC1. The van der Waals surface area contributed by atoms with E-state index in [0.29, 0.717) is 0 Å². The van der Waals surface area contributed by atoms with Crippen LogP contribution < -0.4 is 10.2 Å². The maximum atomic E-state index is 4.27. The molecule has 0 radical (unpaired) electrons. The Labute approximate surface area is 117 Å². The lowest BCUT2D eigenvalue weighted by atomic mass is 9.86. The summed E-state index contributed by atoms with van der Waals surface area (Å²) in [4.78, 5) is 6.80. The Morgan fingerprint density at radius 3 is 2.74 bits per heavy atom. The number of piperidine rings is 1. The van der Waals surface area contributed by atoms with Crippen molar-refractivity contribution in [1.29, 1.82) is 0 Å². The second-order valence-corrected chi connectivity index (χ2v) is 5.85. The van der Waals surface area contributed by atoms with Gasteiger partial charge in [-0.3, -0.25) is 4.98 Å². The minimum absolute atomic E-state index is 0.820. The number of aromatic nitrogens is 1. The molecular weight excluding hydrogens is 234 g/mol. The van der Waals surface area contributed by atoms with Crippen molar-refractivity contribution in [1.82, 2.24) is 10.3 Å². The molecule has 1 saturated heterocycles. The van der Waals surface area contributed by atoms with Gasteiger partial charge < -0.3 is 10.2 Å². The summed E-state index contributed by atoms with van der Waals surface area (Å²) in [5.74, 6) is 1.72. The number of rotatable bonds is 5. The van der Waals surface area contributed by atoms with E-state index in [1.54, 1.807) is 0 Å². The first-order valence-corrected chi connectivity index (χ1v) is 7.61. The van der Waals surface area contributed by atoms with E-state index in [1.807, 2.05) is 12.4 Å². The van der Waals surface area contributed by atoms with Crippen LogP contribution in [0.3, 0.4) is 0 Å². The largest absolute Gasteiger partial charge is 0.371 e. The zero-order valence-corrected chi connectivity index (χ0v) is 12.5. The van der Waals surface area contributed by atoms with E-state index in [4.69, 9.17) is 0 Å². The molecule has 0 bridgehead atoms. The molecule has 0 aromatic carbocycles. The highest BCUT2D eigenvalue weighted by molar-refractivity contribution is 5.52. The van der Waals surface area contributed by atoms with Crippen molar-refractivity contribution in [2.45, 2.75) is 40.2 Å². The standard InChI is InChI=1S/C16H27N3/c1-4-17-11-15-12-18-8-5-16(15)19-9-6-14(7-10-19)13(2)3/h5,8,12-14,17H,4,6-7,9-11H2,1-3H3. The maximum absolute atomic E-state index is 4.27. The number of nitrogens with one attached hydrogen (secondary N) is 1. The number of nitrogens with zero attached hydrogens (tertiary/aromatic N) is 2. The van der Waals surface area contributed by atoms with Crippen LogP contribution in [0.15, 0.2) is 18.5 Å². The molecule has 0 atom stereocenters. The summed E-state index contributed by atoms with van der Waals surface area (Å²) in [6, 6.07) is 2.17. The normalized spacial score (nSPS) is 17.2. The van der Waals surface area contributed by atoms with Crippen molar-refractivity contribution >= 4 is 5.69 Å². The van der Waals surface area contributed by atoms with Crippen LogP contribution in [0, 0.1) is 11.8 Å². The monoisotopic (exact) mass is 261 g/mol. The number of anilines is 1. The second kappa shape index (κ2) is 6.90. The summed E-state index contributed by atoms with van der Waals surface area (Å²) in [6.45, 7) is 11.1. The first-order valence-electron chi connectivity index (χ1n) is 7.61. The Kier molecular flexibility index (Phi) is 5.20. The van der Waals surface area contributed by atoms with Gasteiger partial charge in [0.1, 0.15) is 0 Å². The molecular formula is C16H27N3. The molecule has 2 rings (SSSR count). The molecule has 0 aliphatic carbocycles. The molecule has 0 unspecified atom stereocenters. The van der Waals surface area contributed by atoms with Crippen LogP contribution >= 0.6 is 0 Å². The third-order valence-corrected chi connectivity index (χ3v) is 4.27. The topological polar surface area (TPSA) is 28.2 Å². The van der Waals surface area contributed by atoms with Crippen LogP contribution in [-0.2, 0) is 6.54 Å². The van der Waals surface area contributed by atoms with E-state index in [-0.39, 0.29) is 0 Å². The van der Waals surface area contributed by atoms with Crippen LogP contribution in [0.25, 0.3) is 0 Å². The molecule has 0 amide bonds. The van der Waals surface area contributed by atoms with Crippen LogP contribution in [0.4, 0.5) is 5.69 Å². The third-order valence-electron chi connectivity index (χ3n) is 4.27. The molecule has 106 valence electrons. The summed E-state index contributed by atoms with van der Waals surface area (Å²) in [6.07, 6.45) is 6.56. The van der Waals surface area contributed by atoms with Gasteiger partial charge >= 0.3 is 0 Å². The Bertz CT molecular complexity index is 381. The lowest BCUT2D eigenvalue weighted by molar-refractivity contribution is 0.311. The minimum atomic E-state index is 0.820. The number of pyridine rings is 1. The minimum Gasteiger partial charge on any atom is -0.371 e. The number of hydrogen-bond acceptors (Lipinski definition) is 3. The van der Waals surface area contributed by atoms with Crippen LogP contribution in [-0.4, -0.2) is 24.6 Å². The fraction of sp³-hybridized carbons (Fsp3) is 0.688. The molecule has 3 nitrogen and oxygen atoms in total. The molecule has 1 N–H and O–H groups in total. The quantitative estimate of drug-likeness (QED) is 0.883. The summed E-state index contributed by atoms with van der Waals surface area (Å²) >= 11 is 0. The molecule has 3 heteroatoms. The van der Waals surface area contributed by atoms with Crippen molar-refractivity contribution in [2.75, 3.05) is 24.5 Å². The Balaban J connectivity index is 2.02. The predicted octanol–water partition coefficient (Wildman–Crippen LogP) is 3.06. The zero-order valence-electron chi connectivity index (χ0n) is 12.5. The molecule has 2 heterocycles. The first kappa shape index (κ1) is 14.3. The van der Waals surface area contributed by atoms with Gasteiger partial charge in [-0.05, 0) is 37.3 Å². The van der Waals surface area contributed by atoms with Crippen molar-refractivity contribution in [3.63, 3.8) is 0 Å². The van der Waals surface area contributed by atoms with Gasteiger partial charge in [-0.2, -0.15) is 0 Å². The fourth-order valence-corrected chi connectivity index (χ4v) is 2.93. The third kappa shape index (κ3) is 3.69. The van der Waals surface area contributed by atoms with Crippen molar-refractivity contribution < 1.29 is 0 Å². The van der Waals surface area contributed by atoms with Crippen molar-refractivity contribution in [2.24, 2.45) is 11.8 Å².